The minimum atomic E-state index is 0.241. The Balaban J connectivity index is 1.88. The Morgan fingerprint density at radius 2 is 2.15 bits per heavy atom. The Labute approximate surface area is 120 Å². The van der Waals surface area contributed by atoms with E-state index in [1.54, 1.807) is 0 Å². The zero-order valence-electron chi connectivity index (χ0n) is 12.3. The summed E-state index contributed by atoms with van der Waals surface area (Å²) >= 11 is 0. The molecule has 2 aromatic rings. The third-order valence-corrected chi connectivity index (χ3v) is 4.15. The van der Waals surface area contributed by atoms with E-state index in [4.69, 9.17) is 10.8 Å². The van der Waals surface area contributed by atoms with Gasteiger partial charge in [-0.25, -0.2) is 4.68 Å². The quantitative estimate of drug-likeness (QED) is 0.904. The number of aryl methyl sites for hydroxylation is 1. The SMILES string of the molecule is CCC(N)Cc1ccc(C)c(-n2ccc(C3CC3)n2)c1. The summed E-state index contributed by atoms with van der Waals surface area (Å²) in [7, 11) is 0. The molecule has 3 heteroatoms. The molecular formula is C17H23N3. The Morgan fingerprint density at radius 1 is 1.35 bits per heavy atom. The molecular weight excluding hydrogens is 246 g/mol. The van der Waals surface area contributed by atoms with Gasteiger partial charge in [0.2, 0.25) is 0 Å². The number of benzene rings is 1. The maximum absolute atomic E-state index is 6.06. The fourth-order valence-corrected chi connectivity index (χ4v) is 2.54. The van der Waals surface area contributed by atoms with Crippen molar-refractivity contribution in [3.05, 3.63) is 47.3 Å². The predicted octanol–water partition coefficient (Wildman–Crippen LogP) is 3.34. The molecule has 106 valence electrons. The number of aromatic nitrogens is 2. The third-order valence-electron chi connectivity index (χ3n) is 4.15. The minimum Gasteiger partial charge on any atom is -0.327 e. The summed E-state index contributed by atoms with van der Waals surface area (Å²) in [5, 5.41) is 4.73. The van der Waals surface area contributed by atoms with Gasteiger partial charge >= 0.3 is 0 Å². The normalized spacial score (nSPS) is 16.4. The second-order valence-corrected chi connectivity index (χ2v) is 5.95. The zero-order chi connectivity index (χ0) is 14.1. The summed E-state index contributed by atoms with van der Waals surface area (Å²) in [6.07, 6.45) is 6.61. The standard InChI is InChI=1S/C17H23N3/c1-3-15(18)10-13-5-4-12(2)17(11-13)20-9-8-16(19-20)14-6-7-14/h4-5,8-9,11,14-15H,3,6-7,10,18H2,1-2H3. The molecule has 1 fully saturated rings. The van der Waals surface area contributed by atoms with Crippen molar-refractivity contribution >= 4 is 0 Å². The van der Waals surface area contributed by atoms with Crippen LogP contribution in [0.1, 0.15) is 48.9 Å². The summed E-state index contributed by atoms with van der Waals surface area (Å²) in [6, 6.07) is 8.98. The first-order valence-electron chi connectivity index (χ1n) is 7.58. The van der Waals surface area contributed by atoms with E-state index in [2.05, 4.69) is 44.3 Å². The number of nitrogens with two attached hydrogens (primary N) is 1. The van der Waals surface area contributed by atoms with Crippen LogP contribution in [0.4, 0.5) is 0 Å². The molecule has 1 aromatic carbocycles. The van der Waals surface area contributed by atoms with E-state index in [1.165, 1.54) is 35.3 Å². The van der Waals surface area contributed by atoms with E-state index in [0.29, 0.717) is 5.92 Å². The first kappa shape index (κ1) is 13.4. The van der Waals surface area contributed by atoms with Crippen molar-refractivity contribution in [2.45, 2.75) is 51.5 Å². The van der Waals surface area contributed by atoms with Crippen LogP contribution in [-0.4, -0.2) is 15.8 Å². The molecule has 0 bridgehead atoms. The molecule has 1 unspecified atom stereocenters. The van der Waals surface area contributed by atoms with E-state index >= 15 is 0 Å². The van der Waals surface area contributed by atoms with Crippen LogP contribution in [0.5, 0.6) is 0 Å². The monoisotopic (exact) mass is 269 g/mol. The van der Waals surface area contributed by atoms with E-state index in [-0.39, 0.29) is 6.04 Å². The molecule has 3 rings (SSSR count). The molecule has 0 saturated heterocycles. The van der Waals surface area contributed by atoms with E-state index in [0.717, 1.165) is 12.8 Å². The van der Waals surface area contributed by atoms with Crippen molar-refractivity contribution in [1.29, 1.82) is 0 Å². The molecule has 0 spiro atoms. The molecule has 2 N–H and O–H groups in total. The van der Waals surface area contributed by atoms with Crippen molar-refractivity contribution in [2.75, 3.05) is 0 Å². The Kier molecular flexibility index (Phi) is 3.62. The second-order valence-electron chi connectivity index (χ2n) is 5.95. The van der Waals surface area contributed by atoms with Gasteiger partial charge in [-0.2, -0.15) is 5.10 Å². The number of hydrogen-bond donors (Lipinski definition) is 1. The van der Waals surface area contributed by atoms with Crippen LogP contribution >= 0.6 is 0 Å². The van der Waals surface area contributed by atoms with Crippen molar-refractivity contribution in [3.63, 3.8) is 0 Å². The molecule has 0 radical (unpaired) electrons. The average molecular weight is 269 g/mol. The van der Waals surface area contributed by atoms with Gasteiger partial charge in [0, 0.05) is 18.2 Å². The fourth-order valence-electron chi connectivity index (χ4n) is 2.54. The van der Waals surface area contributed by atoms with E-state index < -0.39 is 0 Å². The maximum Gasteiger partial charge on any atom is 0.0677 e. The highest BCUT2D eigenvalue weighted by Crippen LogP contribution is 2.39. The number of hydrogen-bond acceptors (Lipinski definition) is 2. The van der Waals surface area contributed by atoms with Gasteiger partial charge < -0.3 is 5.73 Å². The van der Waals surface area contributed by atoms with Crippen LogP contribution in [-0.2, 0) is 6.42 Å². The van der Waals surface area contributed by atoms with Gasteiger partial charge in [0.15, 0.2) is 0 Å². The molecule has 1 heterocycles. The number of nitrogens with zero attached hydrogens (tertiary/aromatic N) is 2. The van der Waals surface area contributed by atoms with Crippen molar-refractivity contribution in [3.8, 4) is 5.69 Å². The molecule has 0 aliphatic heterocycles. The molecule has 1 atom stereocenters. The zero-order valence-corrected chi connectivity index (χ0v) is 12.3. The lowest BCUT2D eigenvalue weighted by Gasteiger charge is -2.12. The minimum absolute atomic E-state index is 0.241. The summed E-state index contributed by atoms with van der Waals surface area (Å²) in [6.45, 7) is 4.27. The summed E-state index contributed by atoms with van der Waals surface area (Å²) in [5.74, 6) is 0.702. The molecule has 1 aliphatic carbocycles. The van der Waals surface area contributed by atoms with Gasteiger partial charge in [0.25, 0.3) is 0 Å². The second kappa shape index (κ2) is 5.41. The van der Waals surface area contributed by atoms with Gasteiger partial charge in [-0.1, -0.05) is 19.1 Å². The summed E-state index contributed by atoms with van der Waals surface area (Å²) < 4.78 is 2.02. The Morgan fingerprint density at radius 3 is 2.85 bits per heavy atom. The number of rotatable bonds is 5. The lowest BCUT2D eigenvalue weighted by molar-refractivity contribution is 0.646. The lowest BCUT2D eigenvalue weighted by Crippen LogP contribution is -2.21. The molecule has 1 aliphatic rings. The van der Waals surface area contributed by atoms with Crippen LogP contribution in [0, 0.1) is 6.92 Å². The van der Waals surface area contributed by atoms with Gasteiger partial charge in [0.05, 0.1) is 11.4 Å². The van der Waals surface area contributed by atoms with Crippen LogP contribution in [0.2, 0.25) is 0 Å². The average Bonchev–Trinajstić information content (AvgIpc) is 3.19. The first-order chi connectivity index (χ1) is 9.67. The maximum atomic E-state index is 6.06. The molecule has 3 nitrogen and oxygen atoms in total. The van der Waals surface area contributed by atoms with Crippen molar-refractivity contribution in [2.24, 2.45) is 5.73 Å². The highest BCUT2D eigenvalue weighted by molar-refractivity contribution is 5.43. The van der Waals surface area contributed by atoms with Crippen molar-refractivity contribution in [1.82, 2.24) is 9.78 Å². The van der Waals surface area contributed by atoms with Gasteiger partial charge in [0.1, 0.15) is 0 Å². The topological polar surface area (TPSA) is 43.8 Å². The van der Waals surface area contributed by atoms with Crippen LogP contribution in [0.15, 0.2) is 30.5 Å². The largest absolute Gasteiger partial charge is 0.327 e. The molecule has 1 aromatic heterocycles. The first-order valence-corrected chi connectivity index (χ1v) is 7.58. The Hall–Kier alpha value is -1.61. The van der Waals surface area contributed by atoms with Crippen LogP contribution < -0.4 is 5.73 Å². The smallest absolute Gasteiger partial charge is 0.0677 e. The van der Waals surface area contributed by atoms with Crippen LogP contribution in [0.25, 0.3) is 5.69 Å². The van der Waals surface area contributed by atoms with Crippen molar-refractivity contribution < 1.29 is 0 Å². The highest BCUT2D eigenvalue weighted by Gasteiger charge is 2.26. The summed E-state index contributed by atoms with van der Waals surface area (Å²) in [5.41, 5.74) is 11.0. The lowest BCUT2D eigenvalue weighted by atomic mass is 10.0. The van der Waals surface area contributed by atoms with Crippen LogP contribution in [0.3, 0.4) is 0 Å². The summed E-state index contributed by atoms with van der Waals surface area (Å²) in [4.78, 5) is 0. The molecule has 20 heavy (non-hydrogen) atoms. The Bertz CT molecular complexity index is 596. The molecule has 1 saturated carbocycles. The van der Waals surface area contributed by atoms with Gasteiger partial charge in [-0.3, -0.25) is 0 Å². The predicted molar refractivity (Wildman–Crippen MR) is 82.2 cm³/mol. The highest BCUT2D eigenvalue weighted by atomic mass is 15.3. The van der Waals surface area contributed by atoms with E-state index in [9.17, 15) is 0 Å². The fraction of sp³-hybridized carbons (Fsp3) is 0.471. The van der Waals surface area contributed by atoms with Gasteiger partial charge in [-0.05, 0) is 55.9 Å². The third kappa shape index (κ3) is 2.78. The van der Waals surface area contributed by atoms with E-state index in [1.807, 2.05) is 4.68 Å². The van der Waals surface area contributed by atoms with Gasteiger partial charge in [-0.15, -0.1) is 0 Å². The molecule has 0 amide bonds.